The number of aliphatic imine (C=N–C) groups is 1. The van der Waals surface area contributed by atoms with E-state index < -0.39 is 0 Å². The van der Waals surface area contributed by atoms with Gasteiger partial charge >= 0.3 is 0 Å². The minimum absolute atomic E-state index is 0. The van der Waals surface area contributed by atoms with E-state index in [1.807, 2.05) is 6.07 Å². The molecule has 0 bridgehead atoms. The van der Waals surface area contributed by atoms with E-state index >= 15 is 0 Å². The zero-order valence-corrected chi connectivity index (χ0v) is 17.9. The standard InChI is InChI=1S/C18H25FN6O.HI/c1-20-18(21-10-13-3-4-16(19)15(9-13)11-26-2)25-7-5-14(6-8-25)17-22-12-23-24-17;/h3-4,9,12,14H,5-8,10-11H2,1-2H3,(H,20,21)(H,22,23,24);1H. The Balaban J connectivity index is 0.00000261. The Bertz CT molecular complexity index is 731. The number of aromatic amines is 1. The van der Waals surface area contributed by atoms with Crippen LogP contribution in [0, 0.1) is 5.82 Å². The largest absolute Gasteiger partial charge is 0.380 e. The number of aromatic nitrogens is 3. The molecule has 7 nitrogen and oxygen atoms in total. The molecular weight excluding hydrogens is 462 g/mol. The van der Waals surface area contributed by atoms with Gasteiger partial charge in [0, 0.05) is 45.3 Å². The van der Waals surface area contributed by atoms with Crippen molar-refractivity contribution in [3.05, 3.63) is 47.3 Å². The van der Waals surface area contributed by atoms with Crippen molar-refractivity contribution in [1.29, 1.82) is 0 Å². The molecule has 1 aromatic heterocycles. The topological polar surface area (TPSA) is 78.4 Å². The third kappa shape index (κ3) is 5.61. The van der Waals surface area contributed by atoms with Gasteiger partial charge in [-0.1, -0.05) is 6.07 Å². The summed E-state index contributed by atoms with van der Waals surface area (Å²) in [5, 5.41) is 10.3. The van der Waals surface area contributed by atoms with Crippen molar-refractivity contribution in [3.8, 4) is 0 Å². The van der Waals surface area contributed by atoms with Crippen molar-refractivity contribution in [3.63, 3.8) is 0 Å². The van der Waals surface area contributed by atoms with Crippen LogP contribution in [0.15, 0.2) is 29.5 Å². The van der Waals surface area contributed by atoms with Crippen molar-refractivity contribution in [2.24, 2.45) is 4.99 Å². The summed E-state index contributed by atoms with van der Waals surface area (Å²) in [6, 6.07) is 5.09. The van der Waals surface area contributed by atoms with Gasteiger partial charge in [-0.15, -0.1) is 24.0 Å². The normalized spacial score (nSPS) is 15.5. The van der Waals surface area contributed by atoms with E-state index in [4.69, 9.17) is 4.74 Å². The van der Waals surface area contributed by atoms with E-state index in [2.05, 4.69) is 30.4 Å². The SMILES string of the molecule is CN=C(NCc1ccc(F)c(COC)c1)N1CCC(c2ncn[nH]2)CC1.I. The van der Waals surface area contributed by atoms with Gasteiger partial charge in [-0.2, -0.15) is 5.10 Å². The van der Waals surface area contributed by atoms with Crippen LogP contribution in [0.25, 0.3) is 0 Å². The molecule has 1 saturated heterocycles. The number of ether oxygens (including phenoxy) is 1. The summed E-state index contributed by atoms with van der Waals surface area (Å²) in [6.45, 7) is 2.67. The number of benzene rings is 1. The second kappa shape index (κ2) is 10.5. The summed E-state index contributed by atoms with van der Waals surface area (Å²) in [7, 11) is 3.35. The molecule has 1 aliphatic rings. The summed E-state index contributed by atoms with van der Waals surface area (Å²) in [6.07, 6.45) is 3.57. The molecule has 0 amide bonds. The number of rotatable bonds is 5. The van der Waals surface area contributed by atoms with E-state index in [0.717, 1.165) is 43.3 Å². The highest BCUT2D eigenvalue weighted by Gasteiger charge is 2.24. The molecule has 0 spiro atoms. The Labute approximate surface area is 175 Å². The molecule has 0 unspecified atom stereocenters. The first kappa shape index (κ1) is 21.5. The van der Waals surface area contributed by atoms with Gasteiger partial charge in [0.05, 0.1) is 6.61 Å². The van der Waals surface area contributed by atoms with Crippen LogP contribution in [-0.4, -0.2) is 53.3 Å². The maximum absolute atomic E-state index is 13.7. The highest BCUT2D eigenvalue weighted by Crippen LogP contribution is 2.25. The molecule has 9 heteroatoms. The van der Waals surface area contributed by atoms with Crippen LogP contribution in [0.4, 0.5) is 4.39 Å². The van der Waals surface area contributed by atoms with E-state index in [0.29, 0.717) is 18.0 Å². The van der Waals surface area contributed by atoms with Gasteiger partial charge in [-0.25, -0.2) is 9.37 Å². The van der Waals surface area contributed by atoms with E-state index in [9.17, 15) is 4.39 Å². The van der Waals surface area contributed by atoms with Crippen molar-refractivity contribution in [1.82, 2.24) is 25.4 Å². The smallest absolute Gasteiger partial charge is 0.193 e. The number of likely N-dealkylation sites (tertiary alicyclic amines) is 1. The predicted octanol–water partition coefficient (Wildman–Crippen LogP) is 2.66. The number of H-pyrrole nitrogens is 1. The Hall–Kier alpha value is -1.75. The molecule has 0 radical (unpaired) electrons. The summed E-state index contributed by atoms with van der Waals surface area (Å²) in [5.41, 5.74) is 1.56. The molecule has 2 aromatic rings. The fourth-order valence-electron chi connectivity index (χ4n) is 3.29. The number of halogens is 2. The summed E-state index contributed by atoms with van der Waals surface area (Å²) >= 11 is 0. The number of hydrogen-bond donors (Lipinski definition) is 2. The molecule has 148 valence electrons. The van der Waals surface area contributed by atoms with E-state index in [1.165, 1.54) is 6.07 Å². The lowest BCUT2D eigenvalue weighted by Gasteiger charge is -2.33. The lowest BCUT2D eigenvalue weighted by atomic mass is 9.96. The van der Waals surface area contributed by atoms with Gasteiger partial charge < -0.3 is 15.0 Å². The Morgan fingerprint density at radius 3 is 2.81 bits per heavy atom. The van der Waals surface area contributed by atoms with Crippen LogP contribution < -0.4 is 5.32 Å². The predicted molar refractivity (Wildman–Crippen MR) is 113 cm³/mol. The van der Waals surface area contributed by atoms with Gasteiger partial charge in [0.2, 0.25) is 0 Å². The lowest BCUT2D eigenvalue weighted by molar-refractivity contribution is 0.181. The first-order chi connectivity index (χ1) is 12.7. The average Bonchev–Trinajstić information content (AvgIpc) is 3.20. The number of nitrogens with zero attached hydrogens (tertiary/aromatic N) is 4. The average molecular weight is 488 g/mol. The molecule has 1 fully saturated rings. The molecule has 1 aliphatic heterocycles. The molecule has 27 heavy (non-hydrogen) atoms. The monoisotopic (exact) mass is 488 g/mol. The van der Waals surface area contributed by atoms with Gasteiger partial charge in [-0.3, -0.25) is 10.1 Å². The van der Waals surface area contributed by atoms with Gasteiger partial charge in [0.15, 0.2) is 5.96 Å². The van der Waals surface area contributed by atoms with Gasteiger partial charge in [-0.05, 0) is 30.5 Å². The lowest BCUT2D eigenvalue weighted by Crippen LogP contribution is -2.45. The highest BCUT2D eigenvalue weighted by molar-refractivity contribution is 14.0. The number of methoxy groups -OCH3 is 1. The summed E-state index contributed by atoms with van der Waals surface area (Å²) in [4.78, 5) is 10.9. The third-order valence-electron chi connectivity index (χ3n) is 4.69. The summed E-state index contributed by atoms with van der Waals surface area (Å²) in [5.74, 6) is 2.00. The van der Waals surface area contributed by atoms with E-state index in [1.54, 1.807) is 26.6 Å². The number of nitrogens with one attached hydrogen (secondary N) is 2. The van der Waals surface area contributed by atoms with Gasteiger partial charge in [0.1, 0.15) is 18.0 Å². The van der Waals surface area contributed by atoms with Crippen molar-refractivity contribution < 1.29 is 9.13 Å². The number of guanidine groups is 1. The third-order valence-corrected chi connectivity index (χ3v) is 4.69. The minimum Gasteiger partial charge on any atom is -0.380 e. The van der Waals surface area contributed by atoms with Crippen LogP contribution in [-0.2, 0) is 17.9 Å². The Kier molecular flexibility index (Phi) is 8.42. The van der Waals surface area contributed by atoms with Crippen LogP contribution in [0.3, 0.4) is 0 Å². The molecule has 0 atom stereocenters. The zero-order valence-electron chi connectivity index (χ0n) is 15.6. The minimum atomic E-state index is -0.241. The second-order valence-corrected chi connectivity index (χ2v) is 6.39. The fourth-order valence-corrected chi connectivity index (χ4v) is 3.29. The van der Waals surface area contributed by atoms with E-state index in [-0.39, 0.29) is 36.4 Å². The quantitative estimate of drug-likeness (QED) is 0.385. The maximum Gasteiger partial charge on any atom is 0.193 e. The molecule has 2 N–H and O–H groups in total. The fraction of sp³-hybridized carbons (Fsp3) is 0.500. The molecule has 1 aromatic carbocycles. The maximum atomic E-state index is 13.7. The Morgan fingerprint density at radius 1 is 1.41 bits per heavy atom. The van der Waals surface area contributed by atoms with Crippen LogP contribution >= 0.6 is 24.0 Å². The molecule has 0 aliphatic carbocycles. The van der Waals surface area contributed by atoms with Crippen LogP contribution in [0.1, 0.15) is 35.7 Å². The van der Waals surface area contributed by atoms with Crippen molar-refractivity contribution in [2.75, 3.05) is 27.2 Å². The Morgan fingerprint density at radius 2 is 2.19 bits per heavy atom. The number of piperidine rings is 1. The molecular formula is C18H26FIN6O. The highest BCUT2D eigenvalue weighted by atomic mass is 127. The first-order valence-electron chi connectivity index (χ1n) is 8.78. The number of hydrogen-bond acceptors (Lipinski definition) is 4. The second-order valence-electron chi connectivity index (χ2n) is 6.39. The van der Waals surface area contributed by atoms with Crippen molar-refractivity contribution >= 4 is 29.9 Å². The molecule has 3 rings (SSSR count). The first-order valence-corrected chi connectivity index (χ1v) is 8.78. The van der Waals surface area contributed by atoms with Crippen LogP contribution in [0.5, 0.6) is 0 Å². The van der Waals surface area contributed by atoms with Gasteiger partial charge in [0.25, 0.3) is 0 Å². The summed E-state index contributed by atoms with van der Waals surface area (Å²) < 4.78 is 18.8. The zero-order chi connectivity index (χ0) is 18.4. The molecule has 2 heterocycles. The molecule has 0 saturated carbocycles. The van der Waals surface area contributed by atoms with Crippen molar-refractivity contribution in [2.45, 2.75) is 31.9 Å². The van der Waals surface area contributed by atoms with Crippen LogP contribution in [0.2, 0.25) is 0 Å².